The summed E-state index contributed by atoms with van der Waals surface area (Å²) in [7, 11) is 0. The summed E-state index contributed by atoms with van der Waals surface area (Å²) in [5.41, 5.74) is 6.07. The quantitative estimate of drug-likeness (QED) is 0.0983. The fourth-order valence-electron chi connectivity index (χ4n) is 5.17. The molecule has 2 amide bonds. The van der Waals surface area contributed by atoms with Gasteiger partial charge in [-0.1, -0.05) is 66.7 Å². The van der Waals surface area contributed by atoms with E-state index in [-0.39, 0.29) is 11.6 Å². The molecule has 48 heavy (non-hydrogen) atoms. The number of nitrogens with zero attached hydrogens (tertiary/aromatic N) is 1. The second-order valence-electron chi connectivity index (χ2n) is 12.4. The van der Waals surface area contributed by atoms with Gasteiger partial charge in [0.1, 0.15) is 11.4 Å². The van der Waals surface area contributed by atoms with Crippen LogP contribution in [0.15, 0.2) is 115 Å². The van der Waals surface area contributed by atoms with Crippen LogP contribution in [0.4, 0.5) is 16.2 Å². The summed E-state index contributed by atoms with van der Waals surface area (Å²) in [6.07, 6.45) is 2.85. The molecule has 0 unspecified atom stereocenters. The average molecular weight is 641 g/mol. The minimum atomic E-state index is -0.666. The van der Waals surface area contributed by atoms with Gasteiger partial charge in [0.2, 0.25) is 0 Å². The van der Waals surface area contributed by atoms with Crippen molar-refractivity contribution in [1.29, 1.82) is 5.41 Å². The molecule has 244 valence electrons. The third-order valence-electron chi connectivity index (χ3n) is 7.38. The number of hydrogen-bond donors (Lipinski definition) is 3. The smallest absolute Gasteiger partial charge is 0.412 e. The molecule has 0 aliphatic carbocycles. The highest BCUT2D eigenvalue weighted by atomic mass is 16.6. The van der Waals surface area contributed by atoms with Gasteiger partial charge in [-0.3, -0.25) is 15.1 Å². The van der Waals surface area contributed by atoms with Gasteiger partial charge in [0.05, 0.1) is 24.2 Å². The minimum absolute atomic E-state index is 0.209. The van der Waals surface area contributed by atoms with Gasteiger partial charge < -0.3 is 20.2 Å². The molecule has 0 aliphatic heterocycles. The van der Waals surface area contributed by atoms with Gasteiger partial charge in [0, 0.05) is 33.7 Å². The highest BCUT2D eigenvalue weighted by Gasteiger charge is 2.19. The Hall–Kier alpha value is -5.76. The van der Waals surface area contributed by atoms with E-state index < -0.39 is 11.7 Å². The lowest BCUT2D eigenvalue weighted by molar-refractivity contribution is 0.0635. The van der Waals surface area contributed by atoms with Gasteiger partial charge in [-0.05, 0) is 94.1 Å². The van der Waals surface area contributed by atoms with Crippen LogP contribution in [0.1, 0.15) is 55.6 Å². The monoisotopic (exact) mass is 640 g/mol. The van der Waals surface area contributed by atoms with E-state index in [0.717, 1.165) is 29.5 Å². The van der Waals surface area contributed by atoms with E-state index in [2.05, 4.69) is 22.8 Å². The Morgan fingerprint density at radius 3 is 2.25 bits per heavy atom. The van der Waals surface area contributed by atoms with E-state index in [1.807, 2.05) is 78.9 Å². The lowest BCUT2D eigenvalue weighted by Gasteiger charge is -2.21. The van der Waals surface area contributed by atoms with Crippen LogP contribution in [-0.4, -0.2) is 34.9 Å². The first kappa shape index (κ1) is 33.6. The minimum Gasteiger partial charge on any atom is -0.492 e. The molecule has 0 atom stereocenters. The second kappa shape index (κ2) is 15.2. The van der Waals surface area contributed by atoms with Crippen LogP contribution in [0.3, 0.4) is 0 Å². The van der Waals surface area contributed by atoms with Crippen molar-refractivity contribution >= 4 is 29.1 Å². The molecule has 3 N–H and O–H groups in total. The predicted octanol–water partition coefficient (Wildman–Crippen LogP) is 9.41. The van der Waals surface area contributed by atoms with E-state index >= 15 is 0 Å². The molecule has 4 aromatic carbocycles. The first-order valence-electron chi connectivity index (χ1n) is 15.9. The number of benzene rings is 4. The molecule has 8 nitrogen and oxygen atoms in total. The summed E-state index contributed by atoms with van der Waals surface area (Å²) < 4.78 is 11.6. The number of pyridine rings is 1. The van der Waals surface area contributed by atoms with Gasteiger partial charge in [0.25, 0.3) is 5.91 Å². The second-order valence-corrected chi connectivity index (χ2v) is 12.4. The van der Waals surface area contributed by atoms with Gasteiger partial charge >= 0.3 is 6.09 Å². The van der Waals surface area contributed by atoms with Crippen molar-refractivity contribution in [1.82, 2.24) is 4.98 Å². The lowest BCUT2D eigenvalue weighted by atomic mass is 9.95. The number of carbonyl (C=O) groups excluding carboxylic acids is 2. The summed E-state index contributed by atoms with van der Waals surface area (Å²) >= 11 is 0. The summed E-state index contributed by atoms with van der Waals surface area (Å²) in [4.78, 5) is 30.3. The maximum atomic E-state index is 12.9. The number of rotatable bonds is 11. The summed E-state index contributed by atoms with van der Waals surface area (Å²) in [6, 6.07) is 34.3. The molecular formula is C40H40N4O4. The molecule has 0 bridgehead atoms. The average Bonchev–Trinajstić information content (AvgIpc) is 3.07. The number of ether oxygens (including phenoxy) is 2. The first-order chi connectivity index (χ1) is 23.1. The Bertz CT molecular complexity index is 1900. The SMILES string of the molecule is CC(=N)c1cc(-c2cc(OCCCc3ccccc3)cnc2-c2cccc(NC(=O)c3ccccc3)c2)ccc1NC(=O)OC(C)(C)C. The fourth-order valence-corrected chi connectivity index (χ4v) is 5.17. The summed E-state index contributed by atoms with van der Waals surface area (Å²) in [6.45, 7) is 7.58. The summed E-state index contributed by atoms with van der Waals surface area (Å²) in [5.74, 6) is 0.402. The van der Waals surface area contributed by atoms with Crippen molar-refractivity contribution in [2.45, 2.75) is 46.1 Å². The predicted molar refractivity (Wildman–Crippen MR) is 192 cm³/mol. The molecule has 0 saturated heterocycles. The lowest BCUT2D eigenvalue weighted by Crippen LogP contribution is -2.27. The highest BCUT2D eigenvalue weighted by molar-refractivity contribution is 6.06. The molecule has 0 radical (unpaired) electrons. The van der Waals surface area contributed by atoms with Crippen molar-refractivity contribution in [3.05, 3.63) is 132 Å². The number of aryl methyl sites for hydroxylation is 1. The number of nitrogens with one attached hydrogen (secondary N) is 3. The van der Waals surface area contributed by atoms with Crippen LogP contribution in [0.25, 0.3) is 22.4 Å². The topological polar surface area (TPSA) is 113 Å². The molecule has 0 saturated carbocycles. The maximum absolute atomic E-state index is 12.9. The number of aromatic nitrogens is 1. The van der Waals surface area contributed by atoms with E-state index in [9.17, 15) is 9.59 Å². The number of amides is 2. The maximum Gasteiger partial charge on any atom is 0.412 e. The normalized spacial score (nSPS) is 11.0. The fraction of sp³-hybridized carbons (Fsp3) is 0.200. The van der Waals surface area contributed by atoms with E-state index in [4.69, 9.17) is 19.9 Å². The highest BCUT2D eigenvalue weighted by Crippen LogP contribution is 2.36. The van der Waals surface area contributed by atoms with Gasteiger partial charge in [-0.2, -0.15) is 0 Å². The Kier molecular flexibility index (Phi) is 10.7. The third kappa shape index (κ3) is 9.16. The summed E-state index contributed by atoms with van der Waals surface area (Å²) in [5, 5.41) is 14.3. The standard InChI is InChI=1S/C40H40N4O4/c1-27(41)34-24-30(20-21-36(34)44-39(46)48-40(2,3)4)35-25-33(47-22-12-15-28-13-7-5-8-14-28)26-42-37(35)31-18-11-19-32(23-31)43-38(45)29-16-9-6-10-17-29/h5-11,13-14,16-21,23-26,41H,12,15,22H2,1-4H3,(H,43,45)(H,44,46). The molecule has 1 heterocycles. The zero-order valence-electron chi connectivity index (χ0n) is 27.7. The molecule has 0 aliphatic rings. The zero-order valence-corrected chi connectivity index (χ0v) is 27.7. The number of anilines is 2. The van der Waals surface area contributed by atoms with Gasteiger partial charge in [-0.15, -0.1) is 0 Å². The number of carbonyl (C=O) groups is 2. The molecule has 5 aromatic rings. The van der Waals surface area contributed by atoms with Crippen LogP contribution in [0, 0.1) is 5.41 Å². The van der Waals surface area contributed by atoms with E-state index in [1.54, 1.807) is 52.1 Å². The van der Waals surface area contributed by atoms with Gasteiger partial charge in [-0.25, -0.2) is 4.79 Å². The van der Waals surface area contributed by atoms with Crippen molar-refractivity contribution in [2.24, 2.45) is 0 Å². The zero-order chi connectivity index (χ0) is 34.1. The van der Waals surface area contributed by atoms with E-state index in [0.29, 0.717) is 40.6 Å². The third-order valence-corrected chi connectivity index (χ3v) is 7.38. The molecular weight excluding hydrogens is 600 g/mol. The Morgan fingerprint density at radius 2 is 1.54 bits per heavy atom. The van der Waals surface area contributed by atoms with E-state index in [1.165, 1.54) is 5.56 Å². The largest absolute Gasteiger partial charge is 0.492 e. The van der Waals surface area contributed by atoms with Crippen LogP contribution >= 0.6 is 0 Å². The van der Waals surface area contributed by atoms with Crippen molar-refractivity contribution < 1.29 is 19.1 Å². The van der Waals surface area contributed by atoms with Crippen molar-refractivity contribution in [3.8, 4) is 28.1 Å². The van der Waals surface area contributed by atoms with Crippen molar-refractivity contribution in [3.63, 3.8) is 0 Å². The van der Waals surface area contributed by atoms with Crippen LogP contribution in [0.2, 0.25) is 0 Å². The van der Waals surface area contributed by atoms with Gasteiger partial charge in [0.15, 0.2) is 0 Å². The Balaban J connectivity index is 1.47. The number of hydrogen-bond acceptors (Lipinski definition) is 6. The molecule has 1 aromatic heterocycles. The Morgan fingerprint density at radius 1 is 0.812 bits per heavy atom. The van der Waals surface area contributed by atoms with Crippen molar-refractivity contribution in [2.75, 3.05) is 17.2 Å². The molecule has 0 fully saturated rings. The molecule has 8 heteroatoms. The van der Waals surface area contributed by atoms with Crippen LogP contribution in [0.5, 0.6) is 5.75 Å². The first-order valence-corrected chi connectivity index (χ1v) is 15.9. The van der Waals surface area contributed by atoms with Crippen LogP contribution < -0.4 is 15.4 Å². The van der Waals surface area contributed by atoms with Crippen LogP contribution in [-0.2, 0) is 11.2 Å². The Labute approximate surface area is 281 Å². The molecule has 0 spiro atoms. The molecule has 5 rings (SSSR count).